The van der Waals surface area contributed by atoms with E-state index in [1.54, 1.807) is 21.3 Å². The summed E-state index contributed by atoms with van der Waals surface area (Å²) in [6.07, 6.45) is 0. The Kier molecular flexibility index (Phi) is 7.68. The second-order valence-corrected chi connectivity index (χ2v) is 13.0. The molecule has 1 aliphatic rings. The largest absolute Gasteiger partial charge is 0.507 e. The summed E-state index contributed by atoms with van der Waals surface area (Å²) in [4.78, 5) is 0. The van der Waals surface area contributed by atoms with Crippen LogP contribution >= 0.6 is 0 Å². The van der Waals surface area contributed by atoms with E-state index in [0.717, 1.165) is 22.3 Å². The van der Waals surface area contributed by atoms with Crippen molar-refractivity contribution in [1.82, 2.24) is 0 Å². The quantitative estimate of drug-likeness (QED) is 0.431. The average molecular weight is 512 g/mol. The second kappa shape index (κ2) is 9.74. The first-order valence-corrected chi connectivity index (χ1v) is 12.9. The first kappa shape index (κ1) is 29.2. The van der Waals surface area contributed by atoms with Gasteiger partial charge < -0.3 is 28.6 Å². The van der Waals surface area contributed by atoms with Gasteiger partial charge in [-0.25, -0.2) is 0 Å². The van der Waals surface area contributed by atoms with Crippen molar-refractivity contribution in [2.45, 2.75) is 97.1 Å². The molecule has 37 heavy (non-hydrogen) atoms. The van der Waals surface area contributed by atoms with Gasteiger partial charge in [-0.05, 0) is 72.9 Å². The van der Waals surface area contributed by atoms with Gasteiger partial charge in [0.2, 0.25) is 5.75 Å². The first-order valence-electron chi connectivity index (χ1n) is 12.9. The van der Waals surface area contributed by atoms with Crippen LogP contribution in [0, 0.1) is 0 Å². The molecule has 0 aliphatic carbocycles. The molecule has 1 unspecified atom stereocenters. The maximum Gasteiger partial charge on any atom is 0.470 e. The summed E-state index contributed by atoms with van der Waals surface area (Å²) in [5.41, 5.74) is 2.04. The molecule has 204 valence electrons. The molecular formula is C30H45BO6. The number of aromatic hydroxyl groups is 1. The molecule has 0 spiro atoms. The smallest absolute Gasteiger partial charge is 0.470 e. The van der Waals surface area contributed by atoms with Crippen LogP contribution < -0.4 is 14.2 Å². The Hall–Kier alpha value is -2.38. The summed E-state index contributed by atoms with van der Waals surface area (Å²) in [6.45, 7) is 20.9. The van der Waals surface area contributed by atoms with Crippen molar-refractivity contribution in [3.63, 3.8) is 0 Å². The standard InChI is InChI=1S/C30H45BO6/c1-27(2,3)20-14-18(15-21(25(20)32)28(4,5)6)24(31-36-29(7,8)30(9,10)37-31)19-16-22(33-11)26(35-13)23(17-19)34-12/h14-17,24,32H,1-13H3. The van der Waals surface area contributed by atoms with E-state index in [9.17, 15) is 5.11 Å². The highest BCUT2D eigenvalue weighted by Gasteiger charge is 2.54. The van der Waals surface area contributed by atoms with Gasteiger partial charge in [0, 0.05) is 5.82 Å². The second-order valence-electron chi connectivity index (χ2n) is 13.0. The molecule has 1 N–H and O–H groups in total. The minimum absolute atomic E-state index is 0.282. The zero-order chi connectivity index (χ0) is 28.1. The van der Waals surface area contributed by atoms with Crippen molar-refractivity contribution in [3.8, 4) is 23.0 Å². The molecule has 1 heterocycles. The van der Waals surface area contributed by atoms with E-state index in [2.05, 4.69) is 81.4 Å². The Morgan fingerprint density at radius 2 is 1.08 bits per heavy atom. The van der Waals surface area contributed by atoms with Crippen molar-refractivity contribution in [2.75, 3.05) is 21.3 Å². The number of methoxy groups -OCH3 is 3. The molecule has 2 aromatic carbocycles. The van der Waals surface area contributed by atoms with Gasteiger partial charge in [-0.1, -0.05) is 53.7 Å². The van der Waals surface area contributed by atoms with E-state index >= 15 is 0 Å². The fraction of sp³-hybridized carbons (Fsp3) is 0.600. The molecular weight excluding hydrogens is 467 g/mol. The van der Waals surface area contributed by atoms with Crippen LogP contribution in [0.1, 0.15) is 97.3 Å². The molecule has 0 amide bonds. The Morgan fingerprint density at radius 3 is 1.41 bits per heavy atom. The van der Waals surface area contributed by atoms with Crippen molar-refractivity contribution in [3.05, 3.63) is 46.5 Å². The Balaban J connectivity index is 2.38. The maximum atomic E-state index is 11.4. The third-order valence-corrected chi connectivity index (χ3v) is 7.70. The zero-order valence-corrected chi connectivity index (χ0v) is 25.0. The van der Waals surface area contributed by atoms with Crippen LogP contribution in [0.2, 0.25) is 0 Å². The molecule has 6 nitrogen and oxygen atoms in total. The average Bonchev–Trinajstić information content (AvgIpc) is 2.98. The van der Waals surface area contributed by atoms with Gasteiger partial charge in [0.05, 0.1) is 32.5 Å². The van der Waals surface area contributed by atoms with E-state index in [1.165, 1.54) is 0 Å². The number of hydrogen-bond donors (Lipinski definition) is 1. The summed E-state index contributed by atoms with van der Waals surface area (Å²) in [5.74, 6) is 1.64. The van der Waals surface area contributed by atoms with Crippen LogP contribution in [0.15, 0.2) is 24.3 Å². The molecule has 1 fully saturated rings. The number of hydrogen-bond acceptors (Lipinski definition) is 6. The molecule has 0 saturated carbocycles. The van der Waals surface area contributed by atoms with Crippen molar-refractivity contribution in [2.24, 2.45) is 0 Å². The fourth-order valence-electron chi connectivity index (χ4n) is 4.79. The van der Waals surface area contributed by atoms with E-state index in [0.29, 0.717) is 23.0 Å². The summed E-state index contributed by atoms with van der Waals surface area (Å²) < 4.78 is 30.2. The highest BCUT2D eigenvalue weighted by atomic mass is 16.7. The lowest BCUT2D eigenvalue weighted by Crippen LogP contribution is -2.41. The number of benzene rings is 2. The topological polar surface area (TPSA) is 66.4 Å². The first-order chi connectivity index (χ1) is 16.9. The maximum absolute atomic E-state index is 11.4. The highest BCUT2D eigenvalue weighted by molar-refractivity contribution is 6.48. The monoisotopic (exact) mass is 512 g/mol. The Bertz CT molecular complexity index is 1060. The Labute approximate surface area is 223 Å². The molecule has 2 aromatic rings. The van der Waals surface area contributed by atoms with E-state index in [-0.39, 0.29) is 16.6 Å². The van der Waals surface area contributed by atoms with E-state index < -0.39 is 18.3 Å². The summed E-state index contributed by atoms with van der Waals surface area (Å²) >= 11 is 0. The minimum Gasteiger partial charge on any atom is -0.507 e. The van der Waals surface area contributed by atoms with Gasteiger partial charge in [0.1, 0.15) is 5.75 Å². The SMILES string of the molecule is COc1cc(C(B2OC(C)(C)C(C)(C)O2)c2cc(C(C)(C)C)c(O)c(C(C)(C)C)c2)cc(OC)c1OC. The molecule has 0 radical (unpaired) electrons. The molecule has 0 bridgehead atoms. The predicted octanol–water partition coefficient (Wildman–Crippen LogP) is 6.78. The van der Waals surface area contributed by atoms with Crippen LogP contribution in [0.4, 0.5) is 0 Å². The van der Waals surface area contributed by atoms with Crippen molar-refractivity contribution < 1.29 is 28.6 Å². The van der Waals surface area contributed by atoms with Crippen LogP contribution in [-0.2, 0) is 20.1 Å². The Morgan fingerprint density at radius 1 is 0.703 bits per heavy atom. The predicted molar refractivity (Wildman–Crippen MR) is 150 cm³/mol. The van der Waals surface area contributed by atoms with Crippen LogP contribution in [0.5, 0.6) is 23.0 Å². The van der Waals surface area contributed by atoms with Crippen LogP contribution in [-0.4, -0.2) is 44.8 Å². The van der Waals surface area contributed by atoms with Crippen molar-refractivity contribution >= 4 is 7.12 Å². The van der Waals surface area contributed by atoms with Gasteiger partial charge in [-0.15, -0.1) is 0 Å². The van der Waals surface area contributed by atoms with Gasteiger partial charge in [0.15, 0.2) is 11.5 Å². The number of ether oxygens (including phenoxy) is 3. The van der Waals surface area contributed by atoms with Gasteiger partial charge in [-0.2, -0.15) is 0 Å². The summed E-state index contributed by atoms with van der Waals surface area (Å²) in [6, 6.07) is 8.09. The van der Waals surface area contributed by atoms with Gasteiger partial charge in [-0.3, -0.25) is 0 Å². The summed E-state index contributed by atoms with van der Waals surface area (Å²) in [5, 5.41) is 11.4. The third-order valence-electron chi connectivity index (χ3n) is 7.70. The minimum atomic E-state index is -0.585. The van der Waals surface area contributed by atoms with Crippen LogP contribution in [0.3, 0.4) is 0 Å². The van der Waals surface area contributed by atoms with Crippen molar-refractivity contribution in [1.29, 1.82) is 0 Å². The lowest BCUT2D eigenvalue weighted by molar-refractivity contribution is 0.00578. The molecule has 0 aromatic heterocycles. The van der Waals surface area contributed by atoms with E-state index in [4.69, 9.17) is 23.5 Å². The van der Waals surface area contributed by atoms with Gasteiger partial charge in [0.25, 0.3) is 0 Å². The highest BCUT2D eigenvalue weighted by Crippen LogP contribution is 2.49. The van der Waals surface area contributed by atoms with E-state index in [1.807, 2.05) is 12.1 Å². The summed E-state index contributed by atoms with van der Waals surface area (Å²) in [7, 11) is 4.23. The lowest BCUT2D eigenvalue weighted by Gasteiger charge is -2.32. The number of phenolic OH excluding ortho intramolecular Hbond substituents is 1. The van der Waals surface area contributed by atoms with Crippen LogP contribution in [0.25, 0.3) is 0 Å². The fourth-order valence-corrected chi connectivity index (χ4v) is 4.79. The number of rotatable bonds is 6. The molecule has 7 heteroatoms. The molecule has 1 saturated heterocycles. The molecule has 1 atom stereocenters. The zero-order valence-electron chi connectivity index (χ0n) is 25.0. The lowest BCUT2D eigenvalue weighted by atomic mass is 9.62. The third kappa shape index (κ3) is 5.44. The molecule has 3 rings (SSSR count). The molecule has 1 aliphatic heterocycles. The normalized spacial score (nSPS) is 18.0. The van der Waals surface area contributed by atoms with Gasteiger partial charge >= 0.3 is 7.12 Å². The number of phenols is 1.